The smallest absolute Gasteiger partial charge is 0.384 e. The average Bonchev–Trinajstić information content (AvgIpc) is 3.23. The molecule has 17 heteroatoms. The number of hydrogen-bond acceptors (Lipinski definition) is 10. The number of halogens is 4. The fraction of sp³-hybridized carbons (Fsp3) is 0.372. The summed E-state index contributed by atoms with van der Waals surface area (Å²) in [4.78, 5) is 14.5. The Morgan fingerprint density at radius 1 is 0.883 bits per heavy atom. The molecule has 0 heterocycles. The van der Waals surface area contributed by atoms with Crippen LogP contribution in [-0.2, 0) is 19.9 Å². The standard InChI is InChI=1S/C43H51Cl2F2N5O5S3/c1-3-52(4-2)27-24-36(30-58-37-11-6-5-7-12-37)50-40-23-22-38(28-41(40)59(54,55)43(45,46)47)60(56,57)51-42(53)32-16-20-35(21-17-32)49-26-25-48-29-33-10-8-9-13-39(33)31-14-18-34(44)19-15-31/h5-7,11-12,14-23,28,36,48-50H,3-4,8-10,13,24-27,29-30H2,1-2H3,(H,51,53)/t36-/m1/s1. The maximum atomic E-state index is 14.5. The van der Waals surface area contributed by atoms with Crippen molar-refractivity contribution in [2.45, 2.75) is 71.4 Å². The van der Waals surface area contributed by atoms with Gasteiger partial charge in [0.25, 0.3) is 25.8 Å². The van der Waals surface area contributed by atoms with Gasteiger partial charge in [-0.1, -0.05) is 61.4 Å². The predicted molar refractivity (Wildman–Crippen MR) is 241 cm³/mol. The van der Waals surface area contributed by atoms with Crippen molar-refractivity contribution in [2.24, 2.45) is 0 Å². The second-order valence-corrected chi connectivity index (χ2v) is 20.2. The van der Waals surface area contributed by atoms with Crippen molar-refractivity contribution in [3.05, 3.63) is 119 Å². The number of carbonyl (C=O) groups is 1. The van der Waals surface area contributed by atoms with Crippen LogP contribution in [0.2, 0.25) is 5.02 Å². The lowest BCUT2D eigenvalue weighted by Gasteiger charge is -2.26. The molecule has 5 rings (SSSR count). The first-order valence-corrected chi connectivity index (χ1v) is 24.5. The van der Waals surface area contributed by atoms with Gasteiger partial charge in [-0.2, -0.15) is 8.78 Å². The molecule has 324 valence electrons. The molecule has 0 fully saturated rings. The molecule has 0 bridgehead atoms. The number of anilines is 2. The summed E-state index contributed by atoms with van der Waals surface area (Å²) in [6.45, 7) is 8.23. The van der Waals surface area contributed by atoms with Crippen LogP contribution in [0.3, 0.4) is 0 Å². The molecule has 4 aromatic rings. The monoisotopic (exact) mass is 921 g/mol. The molecule has 0 unspecified atom stereocenters. The van der Waals surface area contributed by atoms with E-state index in [4.69, 9.17) is 23.2 Å². The zero-order valence-electron chi connectivity index (χ0n) is 33.5. The van der Waals surface area contributed by atoms with E-state index in [0.29, 0.717) is 48.6 Å². The van der Waals surface area contributed by atoms with Crippen LogP contribution in [0.15, 0.2) is 117 Å². The molecule has 4 N–H and O–H groups in total. The number of alkyl halides is 3. The Kier molecular flexibility index (Phi) is 17.3. The number of thioether (sulfide) groups is 1. The lowest BCUT2D eigenvalue weighted by molar-refractivity contribution is 0.0981. The first kappa shape index (κ1) is 47.4. The van der Waals surface area contributed by atoms with Gasteiger partial charge in [-0.15, -0.1) is 11.8 Å². The van der Waals surface area contributed by atoms with Crippen LogP contribution in [-0.4, -0.2) is 83.4 Å². The Hall–Kier alpha value is -3.70. The third kappa shape index (κ3) is 13.2. The van der Waals surface area contributed by atoms with Crippen LogP contribution in [0.4, 0.5) is 20.2 Å². The number of sulfonamides is 1. The Labute approximate surface area is 366 Å². The molecule has 0 radical (unpaired) electrons. The number of nitrogens with one attached hydrogen (secondary N) is 4. The van der Waals surface area contributed by atoms with E-state index in [0.717, 1.165) is 62.3 Å². The van der Waals surface area contributed by atoms with Crippen molar-refractivity contribution in [1.29, 1.82) is 0 Å². The van der Waals surface area contributed by atoms with Gasteiger partial charge in [0, 0.05) is 59.1 Å². The van der Waals surface area contributed by atoms with Crippen LogP contribution in [0.25, 0.3) is 5.57 Å². The van der Waals surface area contributed by atoms with Gasteiger partial charge >= 0.3 is 4.71 Å². The highest BCUT2D eigenvalue weighted by atomic mass is 35.5. The first-order valence-electron chi connectivity index (χ1n) is 19.8. The molecule has 0 aromatic heterocycles. The first-order chi connectivity index (χ1) is 28.6. The summed E-state index contributed by atoms with van der Waals surface area (Å²) in [5.74, 6) is -0.557. The van der Waals surface area contributed by atoms with Gasteiger partial charge in [0.05, 0.1) is 15.5 Å². The number of hydrogen-bond donors (Lipinski definition) is 4. The van der Waals surface area contributed by atoms with Crippen molar-refractivity contribution in [3.63, 3.8) is 0 Å². The molecule has 1 aliphatic carbocycles. The number of benzene rings is 4. The summed E-state index contributed by atoms with van der Waals surface area (Å²) >= 11 is 12.7. The van der Waals surface area contributed by atoms with Gasteiger partial charge in [0.2, 0.25) is 0 Å². The highest BCUT2D eigenvalue weighted by Crippen LogP contribution is 2.38. The summed E-state index contributed by atoms with van der Waals surface area (Å²) < 4.78 is 79.5. The molecule has 1 aliphatic rings. The molecule has 10 nitrogen and oxygen atoms in total. The number of nitrogens with zero attached hydrogens (tertiary/aromatic N) is 1. The molecular weight excluding hydrogens is 872 g/mol. The van der Waals surface area contributed by atoms with Crippen LogP contribution in [0, 0.1) is 0 Å². The van der Waals surface area contributed by atoms with Gasteiger partial charge in [0.15, 0.2) is 0 Å². The van der Waals surface area contributed by atoms with E-state index in [1.54, 1.807) is 12.1 Å². The molecule has 0 saturated heterocycles. The lowest BCUT2D eigenvalue weighted by Crippen LogP contribution is -2.33. The molecule has 60 heavy (non-hydrogen) atoms. The van der Waals surface area contributed by atoms with E-state index in [9.17, 15) is 30.4 Å². The lowest BCUT2D eigenvalue weighted by atomic mass is 9.87. The molecule has 1 amide bonds. The largest absolute Gasteiger partial charge is 0.427 e. The maximum absolute atomic E-state index is 14.5. The quantitative estimate of drug-likeness (QED) is 0.0343. The summed E-state index contributed by atoms with van der Waals surface area (Å²) in [6.07, 6.45) is 4.90. The minimum Gasteiger partial charge on any atom is -0.384 e. The van der Waals surface area contributed by atoms with Crippen molar-refractivity contribution in [2.75, 3.05) is 55.7 Å². The highest BCUT2D eigenvalue weighted by Gasteiger charge is 2.46. The van der Waals surface area contributed by atoms with E-state index < -0.39 is 46.3 Å². The summed E-state index contributed by atoms with van der Waals surface area (Å²) in [6, 6.07) is 25.9. The molecule has 1 atom stereocenters. The SMILES string of the molecule is CCN(CC)CC[C@H](CSc1ccccc1)Nc1ccc(S(=O)(=O)NC(=O)c2ccc(NCCNCC3=C(c4ccc(Cl)cc4)CCCC3)cc2)cc1S(=O)(=O)C(F)(F)Cl. The number of allylic oxidation sites excluding steroid dienone is 1. The molecule has 0 saturated carbocycles. The summed E-state index contributed by atoms with van der Waals surface area (Å²) in [7, 11) is -10.3. The Morgan fingerprint density at radius 3 is 2.23 bits per heavy atom. The minimum atomic E-state index is -5.60. The van der Waals surface area contributed by atoms with Crippen molar-refractivity contribution >= 4 is 77.7 Å². The maximum Gasteiger partial charge on any atom is 0.427 e. The van der Waals surface area contributed by atoms with Crippen LogP contribution < -0.4 is 20.7 Å². The van der Waals surface area contributed by atoms with Crippen LogP contribution in [0.1, 0.15) is 61.9 Å². The van der Waals surface area contributed by atoms with E-state index in [1.165, 1.54) is 40.6 Å². The third-order valence-electron chi connectivity index (χ3n) is 10.2. The van der Waals surface area contributed by atoms with Gasteiger partial charge in [-0.05, 0) is 135 Å². The normalized spacial score (nSPS) is 14.2. The molecule has 4 aromatic carbocycles. The summed E-state index contributed by atoms with van der Waals surface area (Å²) in [5, 5.41) is 10.6. The average molecular weight is 923 g/mol. The zero-order valence-corrected chi connectivity index (χ0v) is 37.5. The molecule has 0 spiro atoms. The van der Waals surface area contributed by atoms with Crippen molar-refractivity contribution in [1.82, 2.24) is 14.9 Å². The fourth-order valence-electron chi connectivity index (χ4n) is 6.82. The second-order valence-electron chi connectivity index (χ2n) is 14.3. The highest BCUT2D eigenvalue weighted by molar-refractivity contribution is 7.99. The molecular formula is C43H51Cl2F2N5O5S3. The van der Waals surface area contributed by atoms with Crippen molar-refractivity contribution in [3.8, 4) is 0 Å². The Bertz CT molecular complexity index is 2290. The minimum absolute atomic E-state index is 0.00611. The predicted octanol–water partition coefficient (Wildman–Crippen LogP) is 9.36. The van der Waals surface area contributed by atoms with E-state index in [2.05, 4.69) is 33.0 Å². The van der Waals surface area contributed by atoms with Crippen LogP contribution in [0.5, 0.6) is 0 Å². The van der Waals surface area contributed by atoms with Crippen LogP contribution >= 0.6 is 35.0 Å². The molecule has 0 aliphatic heterocycles. The summed E-state index contributed by atoms with van der Waals surface area (Å²) in [5.41, 5.74) is 4.42. The van der Waals surface area contributed by atoms with Gasteiger partial charge in [-0.3, -0.25) is 4.79 Å². The Morgan fingerprint density at radius 2 is 1.57 bits per heavy atom. The van der Waals surface area contributed by atoms with Gasteiger partial charge < -0.3 is 20.9 Å². The van der Waals surface area contributed by atoms with E-state index >= 15 is 0 Å². The topological polar surface area (TPSA) is 137 Å². The van der Waals surface area contributed by atoms with Gasteiger partial charge in [-0.25, -0.2) is 21.6 Å². The van der Waals surface area contributed by atoms with E-state index in [1.807, 2.05) is 61.0 Å². The van der Waals surface area contributed by atoms with E-state index in [-0.39, 0.29) is 11.3 Å². The Balaban J connectivity index is 1.24. The zero-order chi connectivity index (χ0) is 43.3. The number of rotatable bonds is 22. The second kappa shape index (κ2) is 21.9. The number of amides is 1. The number of carbonyl (C=O) groups excluding carboxylic acids is 1. The fourth-order valence-corrected chi connectivity index (χ4v) is 10.2. The van der Waals surface area contributed by atoms with Gasteiger partial charge in [0.1, 0.15) is 0 Å². The number of sulfone groups is 1. The third-order valence-corrected chi connectivity index (χ3v) is 15.1. The van der Waals surface area contributed by atoms with Crippen molar-refractivity contribution < 1.29 is 30.4 Å².